The topological polar surface area (TPSA) is 61.2 Å². The molecule has 0 N–H and O–H groups in total. The number of sulfonamides is 1. The van der Waals surface area contributed by atoms with Gasteiger partial charge in [-0.05, 0) is 36.6 Å². The van der Waals surface area contributed by atoms with Crippen LogP contribution in [0.3, 0.4) is 0 Å². The minimum absolute atomic E-state index is 0.194. The summed E-state index contributed by atoms with van der Waals surface area (Å²) in [5.74, 6) is 0. The van der Waals surface area contributed by atoms with Crippen LogP contribution in [0, 0.1) is 11.3 Å². The Bertz CT molecular complexity index is 867. The summed E-state index contributed by atoms with van der Waals surface area (Å²) in [6.45, 7) is 0.634. The lowest BCUT2D eigenvalue weighted by Gasteiger charge is -2.36. The van der Waals surface area contributed by atoms with Crippen LogP contribution < -0.4 is 0 Å². The molecule has 6 heteroatoms. The Morgan fingerprint density at radius 3 is 2.29 bits per heavy atom. The van der Waals surface area contributed by atoms with E-state index in [0.29, 0.717) is 31.0 Å². The first-order valence-electron chi connectivity index (χ1n) is 7.70. The first-order valence-corrected chi connectivity index (χ1v) is 9.52. The van der Waals surface area contributed by atoms with Crippen molar-refractivity contribution in [3.05, 3.63) is 65.2 Å². The average Bonchev–Trinajstić information content (AvgIpc) is 2.62. The van der Waals surface area contributed by atoms with Gasteiger partial charge in [0.1, 0.15) is 0 Å². The van der Waals surface area contributed by atoms with Gasteiger partial charge in [0.2, 0.25) is 10.0 Å². The van der Waals surface area contributed by atoms with E-state index in [1.165, 1.54) is 10.4 Å². The molecule has 0 aliphatic carbocycles. The zero-order valence-electron chi connectivity index (χ0n) is 13.0. The van der Waals surface area contributed by atoms with Crippen molar-refractivity contribution >= 4 is 21.6 Å². The third-order valence-corrected chi connectivity index (χ3v) is 6.68. The summed E-state index contributed by atoms with van der Waals surface area (Å²) in [6.07, 6.45) is 0.959. The fourth-order valence-corrected chi connectivity index (χ4v) is 4.85. The van der Waals surface area contributed by atoms with Crippen LogP contribution in [0.15, 0.2) is 59.5 Å². The Morgan fingerprint density at radius 1 is 1.04 bits per heavy atom. The molecule has 2 aromatic rings. The van der Waals surface area contributed by atoms with Crippen LogP contribution >= 0.6 is 11.6 Å². The van der Waals surface area contributed by atoms with Crippen LogP contribution in [-0.4, -0.2) is 25.8 Å². The lowest BCUT2D eigenvalue weighted by Crippen LogP contribution is -2.44. The number of hydrogen-bond donors (Lipinski definition) is 0. The summed E-state index contributed by atoms with van der Waals surface area (Å²) in [6, 6.07) is 18.3. The highest BCUT2D eigenvalue weighted by atomic mass is 35.5. The molecule has 3 rings (SSSR count). The maximum Gasteiger partial charge on any atom is 0.243 e. The molecule has 124 valence electrons. The van der Waals surface area contributed by atoms with Crippen LogP contribution in [0.2, 0.25) is 5.02 Å². The minimum Gasteiger partial charge on any atom is -0.207 e. The van der Waals surface area contributed by atoms with E-state index in [2.05, 4.69) is 6.07 Å². The van der Waals surface area contributed by atoms with Gasteiger partial charge < -0.3 is 0 Å². The number of nitrogens with zero attached hydrogens (tertiary/aromatic N) is 2. The van der Waals surface area contributed by atoms with Gasteiger partial charge in [0.05, 0.1) is 16.4 Å². The summed E-state index contributed by atoms with van der Waals surface area (Å²) in [5.41, 5.74) is 0.328. The molecule has 24 heavy (non-hydrogen) atoms. The van der Waals surface area contributed by atoms with Crippen LogP contribution in [0.4, 0.5) is 0 Å². The van der Waals surface area contributed by atoms with Crippen molar-refractivity contribution < 1.29 is 8.42 Å². The van der Waals surface area contributed by atoms with Crippen molar-refractivity contribution in [1.82, 2.24) is 4.31 Å². The van der Waals surface area contributed by atoms with E-state index < -0.39 is 15.4 Å². The molecule has 0 radical (unpaired) electrons. The Morgan fingerprint density at radius 2 is 1.71 bits per heavy atom. The third kappa shape index (κ3) is 3.05. The Labute approximate surface area is 147 Å². The predicted octanol–water partition coefficient (Wildman–Crippen LogP) is 3.59. The molecule has 2 aromatic carbocycles. The van der Waals surface area contributed by atoms with Gasteiger partial charge in [0.15, 0.2) is 0 Å². The molecule has 0 atom stereocenters. The summed E-state index contributed by atoms with van der Waals surface area (Å²) in [5, 5.41) is 10.1. The van der Waals surface area contributed by atoms with Gasteiger partial charge in [0.25, 0.3) is 0 Å². The number of hydrogen-bond acceptors (Lipinski definition) is 3. The van der Waals surface area contributed by atoms with Crippen LogP contribution in [0.1, 0.15) is 18.4 Å². The molecule has 0 bridgehead atoms. The van der Waals surface area contributed by atoms with Crippen LogP contribution in [0.5, 0.6) is 0 Å². The van der Waals surface area contributed by atoms with E-state index in [9.17, 15) is 13.7 Å². The average molecular weight is 361 g/mol. The monoisotopic (exact) mass is 360 g/mol. The van der Waals surface area contributed by atoms with Gasteiger partial charge in [-0.3, -0.25) is 0 Å². The largest absolute Gasteiger partial charge is 0.243 e. The fourth-order valence-electron chi connectivity index (χ4n) is 3.11. The number of piperidine rings is 1. The first kappa shape index (κ1) is 17.0. The molecule has 1 saturated heterocycles. The summed E-state index contributed by atoms with van der Waals surface area (Å²) in [7, 11) is -3.59. The second-order valence-electron chi connectivity index (χ2n) is 5.92. The molecular weight excluding hydrogens is 344 g/mol. The third-order valence-electron chi connectivity index (χ3n) is 4.55. The highest BCUT2D eigenvalue weighted by molar-refractivity contribution is 7.89. The zero-order valence-corrected chi connectivity index (χ0v) is 14.6. The SMILES string of the molecule is N#CC1(c2ccccc2)CCN(S(=O)(=O)c2cccc(Cl)c2)CC1. The lowest BCUT2D eigenvalue weighted by atomic mass is 9.74. The molecule has 1 heterocycles. The van der Waals surface area contributed by atoms with Gasteiger partial charge in [-0.2, -0.15) is 9.57 Å². The zero-order chi connectivity index (χ0) is 17.2. The number of benzene rings is 2. The standard InChI is InChI=1S/C18H17ClN2O2S/c19-16-7-4-8-17(13-16)24(22,23)21-11-9-18(14-20,10-12-21)15-5-2-1-3-6-15/h1-8,13H,9-12H2. The second kappa shape index (κ2) is 6.56. The number of halogens is 1. The maximum atomic E-state index is 12.8. The maximum absolute atomic E-state index is 12.8. The van der Waals surface area contributed by atoms with E-state index in [-0.39, 0.29) is 4.90 Å². The molecule has 0 amide bonds. The van der Waals surface area contributed by atoms with Gasteiger partial charge in [-0.25, -0.2) is 8.42 Å². The highest BCUT2D eigenvalue weighted by Gasteiger charge is 2.40. The van der Waals surface area contributed by atoms with Gasteiger partial charge >= 0.3 is 0 Å². The molecule has 1 fully saturated rings. The van der Waals surface area contributed by atoms with Crippen molar-refractivity contribution in [2.75, 3.05) is 13.1 Å². The molecule has 1 aliphatic rings. The minimum atomic E-state index is -3.59. The summed E-state index contributed by atoms with van der Waals surface area (Å²) in [4.78, 5) is 0.194. The van der Waals surface area contributed by atoms with E-state index in [1.807, 2.05) is 30.3 Å². The van der Waals surface area contributed by atoms with E-state index in [4.69, 9.17) is 11.6 Å². The van der Waals surface area contributed by atoms with E-state index in [0.717, 1.165) is 5.56 Å². The fraction of sp³-hybridized carbons (Fsp3) is 0.278. The van der Waals surface area contributed by atoms with E-state index in [1.54, 1.807) is 18.2 Å². The Balaban J connectivity index is 1.83. The van der Waals surface area contributed by atoms with Crippen molar-refractivity contribution in [1.29, 1.82) is 5.26 Å². The normalized spacial score (nSPS) is 18.0. The second-order valence-corrected chi connectivity index (χ2v) is 8.30. The summed E-state index contributed by atoms with van der Waals surface area (Å²) < 4.78 is 27.0. The van der Waals surface area contributed by atoms with Crippen molar-refractivity contribution in [3.8, 4) is 6.07 Å². The molecular formula is C18H17ClN2O2S. The van der Waals surface area contributed by atoms with Gasteiger partial charge in [-0.15, -0.1) is 0 Å². The number of nitriles is 1. The Hall–Kier alpha value is -1.87. The van der Waals surface area contributed by atoms with Crippen LogP contribution in [-0.2, 0) is 15.4 Å². The Kier molecular flexibility index (Phi) is 4.64. The lowest BCUT2D eigenvalue weighted by molar-refractivity contribution is 0.277. The quantitative estimate of drug-likeness (QED) is 0.840. The molecule has 0 saturated carbocycles. The van der Waals surface area contributed by atoms with E-state index >= 15 is 0 Å². The van der Waals surface area contributed by atoms with Crippen molar-refractivity contribution in [2.45, 2.75) is 23.2 Å². The molecule has 0 unspecified atom stereocenters. The molecule has 1 aliphatic heterocycles. The van der Waals surface area contributed by atoms with Gasteiger partial charge in [0, 0.05) is 18.1 Å². The molecule has 0 spiro atoms. The highest BCUT2D eigenvalue weighted by Crippen LogP contribution is 2.36. The number of rotatable bonds is 3. The van der Waals surface area contributed by atoms with Crippen molar-refractivity contribution in [2.24, 2.45) is 0 Å². The molecule has 0 aromatic heterocycles. The molecule has 4 nitrogen and oxygen atoms in total. The first-order chi connectivity index (χ1) is 11.5. The summed E-state index contributed by atoms with van der Waals surface area (Å²) >= 11 is 5.91. The van der Waals surface area contributed by atoms with Gasteiger partial charge in [-0.1, -0.05) is 48.0 Å². The van der Waals surface area contributed by atoms with Crippen LogP contribution in [0.25, 0.3) is 0 Å². The van der Waals surface area contributed by atoms with Crippen molar-refractivity contribution in [3.63, 3.8) is 0 Å². The smallest absolute Gasteiger partial charge is 0.207 e. The predicted molar refractivity (Wildman–Crippen MR) is 93.2 cm³/mol.